The number of ketones is 1. The minimum Gasteiger partial charge on any atom is -0.512 e. The number of H-pyrrole nitrogens is 1. The first-order valence-electron chi connectivity index (χ1n) is 50.0. The van der Waals surface area contributed by atoms with Gasteiger partial charge in [-0.15, -0.1) is 40.8 Å². The summed E-state index contributed by atoms with van der Waals surface area (Å²) in [5.74, 6) is -10.1. The molecule has 0 aliphatic carbocycles. The number of aryl methyl sites for hydroxylation is 2. The van der Waals surface area contributed by atoms with Crippen LogP contribution in [0.1, 0.15) is 217 Å². The molecule has 762 valence electrons. The SMILES string of the molecule is C.CC(C)=O.CC(C)C#N.CC(C)C(=O)O.CC(C)O.Cc1ccc(S(=O)(=O)Cl)cc1.Cc1ccc(S(=O)(=O)OC(C)C)cc1.Clc1ccc(Cl)nn1.Nc1cc(O)c(O)c(Cl)c1.[2H]C([2H])([2H])C(C1=CC(Oc2c(Cl)cc(NC(C)=O)cc2Cl)=NNC1O)C([2H])([2H])[2H].[2H]C([2H])([2H])C(c1cc(Cl)nnc1Cl)C([2H])([2H])[2H].[2H]C([2H])([2H])C(c1cc(Oc2c(Cl)cc(N)cc2Cl)n[nH]c1=O)C([2H])([2H])[2H].[2H]C([2H])([2H])C(c1cc(Oc2c(Cl)cc(N)cc2Cl)nnc1Cl)C([2H])([2H])[2H].[C-]#N.[Na+]. The van der Waals surface area contributed by atoms with Gasteiger partial charge in [0, 0.05) is 115 Å². The van der Waals surface area contributed by atoms with Crippen LogP contribution < -0.4 is 77.3 Å². The van der Waals surface area contributed by atoms with Crippen molar-refractivity contribution in [3.63, 3.8) is 0 Å². The first-order chi connectivity index (χ1) is 73.5. The van der Waals surface area contributed by atoms with E-state index in [9.17, 15) is 41.1 Å². The molecule has 33 nitrogen and oxygen atoms in total. The Balaban J connectivity index is -0.000000889. The fourth-order valence-electron chi connectivity index (χ4n) is 7.83. The Morgan fingerprint density at radius 2 is 0.900 bits per heavy atom. The topological polar surface area (TPSA) is 543 Å². The fraction of sp³-hybridized carbons (Fsp3) is 0.341. The van der Waals surface area contributed by atoms with E-state index in [1.54, 1.807) is 90.1 Å². The number of aliphatic hydroxyl groups excluding tert-OH is 2. The molecule has 0 spiro atoms. The van der Waals surface area contributed by atoms with Gasteiger partial charge < -0.3 is 78.9 Å². The van der Waals surface area contributed by atoms with Crippen LogP contribution >= 0.6 is 150 Å². The largest absolute Gasteiger partial charge is 1.00 e. The number of ether oxygens (including phenoxy) is 3. The number of carbonyl (C=O) groups is 3. The van der Waals surface area contributed by atoms with E-state index in [1.807, 2.05) is 38.9 Å². The van der Waals surface area contributed by atoms with E-state index in [4.69, 9.17) is 256 Å². The molecule has 1 amide bonds. The van der Waals surface area contributed by atoms with Gasteiger partial charge >= 0.3 is 35.5 Å². The fourth-order valence-corrected chi connectivity index (χ4v) is 12.4. The van der Waals surface area contributed by atoms with Gasteiger partial charge in [0.25, 0.3) is 24.7 Å². The number of carbonyl (C=O) groups excluding carboxylic acids is 2. The Bertz CT molecular complexity index is 6820. The van der Waals surface area contributed by atoms with Gasteiger partial charge in [0.1, 0.15) is 5.78 Å². The molecule has 5 heterocycles. The van der Waals surface area contributed by atoms with E-state index in [2.05, 4.69) is 51.5 Å². The Hall–Kier alpha value is -8.81. The van der Waals surface area contributed by atoms with Crippen molar-refractivity contribution in [1.29, 1.82) is 10.5 Å². The second kappa shape index (κ2) is 70.0. The van der Waals surface area contributed by atoms with Gasteiger partial charge in [0.15, 0.2) is 60.7 Å². The number of aromatic hydroxyl groups is 2. The monoisotopic (exact) mass is 2270 g/mol. The Labute approximate surface area is 937 Å². The molecule has 140 heavy (non-hydrogen) atoms. The van der Waals surface area contributed by atoms with E-state index in [0.717, 1.165) is 35.4 Å². The molecule has 49 heteroatoms. The van der Waals surface area contributed by atoms with E-state index >= 15 is 0 Å². The molecular weight excluding hydrogens is 2140 g/mol. The molecule has 1 aliphatic heterocycles. The van der Waals surface area contributed by atoms with Crippen molar-refractivity contribution in [2.24, 2.45) is 22.9 Å². The average Bonchev–Trinajstić information content (AvgIpc) is 0.782. The summed E-state index contributed by atoms with van der Waals surface area (Å²) in [7, 11) is -2.04. The number of amides is 1. The predicted molar refractivity (Wildman–Crippen MR) is 557 cm³/mol. The van der Waals surface area contributed by atoms with Crippen molar-refractivity contribution in [3.8, 4) is 46.6 Å². The summed E-state index contributed by atoms with van der Waals surface area (Å²) in [6.45, 7) is 3.79. The minimum atomic E-state index is -3.58. The number of aromatic amines is 1. The van der Waals surface area contributed by atoms with E-state index in [0.29, 0.717) is 27.4 Å². The zero-order chi connectivity index (χ0) is 127. The summed E-state index contributed by atoms with van der Waals surface area (Å²) >= 11 is 69.6. The molecule has 0 fully saturated rings. The number of anilines is 4. The van der Waals surface area contributed by atoms with Crippen LogP contribution in [0, 0.1) is 54.8 Å². The number of nitrogens with zero attached hydrogens (tertiary/aromatic N) is 10. The van der Waals surface area contributed by atoms with Crippen LogP contribution in [0.5, 0.6) is 40.5 Å². The number of Topliss-reactive ketones (excluding diaryl/α,β-unsaturated/α-hetero) is 1. The van der Waals surface area contributed by atoms with Crippen LogP contribution in [0.2, 0.25) is 60.9 Å². The summed E-state index contributed by atoms with van der Waals surface area (Å²) in [6.07, 6.45) is -1.12. The number of carboxylic acids is 1. The van der Waals surface area contributed by atoms with Gasteiger partial charge in [0.05, 0.1) is 63.0 Å². The average molecular weight is 2270 g/mol. The number of nitrogen functional groups attached to an aromatic ring is 3. The zero-order valence-corrected chi connectivity index (χ0v) is 88.9. The molecule has 1 atom stereocenters. The molecule has 1 aliphatic rings. The van der Waals surface area contributed by atoms with Crippen LogP contribution in [-0.4, -0.2) is 125 Å². The second-order valence-electron chi connectivity index (χ2n) is 27.6. The number of nitrogens with two attached hydrogens (primary N) is 3. The number of phenolic OH excluding ortho intramolecular Hbond substituents is 2. The first-order valence-corrected chi connectivity index (χ1v) is 46.2. The summed E-state index contributed by atoms with van der Waals surface area (Å²) in [5.41, 5.74) is 19.7. The molecule has 0 bridgehead atoms. The Morgan fingerprint density at radius 3 is 1.28 bits per heavy atom. The number of nitriles is 1. The molecule has 11 rings (SSSR count). The maximum absolute atomic E-state index is 12.0. The van der Waals surface area contributed by atoms with Gasteiger partial charge in [-0.25, -0.2) is 13.5 Å². The van der Waals surface area contributed by atoms with Crippen molar-refractivity contribution in [2.75, 3.05) is 22.5 Å². The van der Waals surface area contributed by atoms with E-state index in [-0.39, 0.29) is 202 Å². The second-order valence-corrected chi connectivity index (χ2v) is 36.4. The zero-order valence-electron chi connectivity index (χ0n) is 99.5. The van der Waals surface area contributed by atoms with Crippen LogP contribution in [0.4, 0.5) is 22.7 Å². The quantitative estimate of drug-likeness (QED) is 0.00863. The smallest absolute Gasteiger partial charge is 0.512 e. The number of hydrazone groups is 1. The van der Waals surface area contributed by atoms with Crippen molar-refractivity contribution < 1.29 is 138 Å². The van der Waals surface area contributed by atoms with Crippen molar-refractivity contribution in [2.45, 2.75) is 198 Å². The molecule has 14 N–H and O–H groups in total. The maximum Gasteiger partial charge on any atom is 1.00 e. The van der Waals surface area contributed by atoms with Gasteiger partial charge in [-0.1, -0.05) is 251 Å². The number of benzene rings is 6. The minimum absolute atomic E-state index is 0. The molecule has 0 saturated carbocycles. The molecule has 1 unspecified atom stereocenters. The van der Waals surface area contributed by atoms with Crippen molar-refractivity contribution in [1.82, 2.24) is 46.2 Å². The number of nitrogens with one attached hydrogen (secondary N) is 3. The number of carboxylic acid groups (broad SMARTS) is 1. The Morgan fingerprint density at radius 1 is 0.543 bits per heavy atom. The number of hydrogen-bond donors (Lipinski definition) is 11. The molecule has 10 aromatic rings. The van der Waals surface area contributed by atoms with E-state index < -0.39 is 121 Å². The number of phenols is 2. The third kappa shape index (κ3) is 57.5. The van der Waals surface area contributed by atoms with Gasteiger partial charge in [-0.2, -0.15) is 13.7 Å². The number of aliphatic carboxylic acids is 1. The third-order valence-electron chi connectivity index (χ3n) is 13.8. The van der Waals surface area contributed by atoms with Crippen LogP contribution in [-0.2, 0) is 37.7 Å². The van der Waals surface area contributed by atoms with Gasteiger partial charge in [0.2, 0.25) is 23.6 Å². The standard InChI is InChI=1S/C15H17Cl2N3O3.C13H12Cl3N3O.C13H13Cl2N3O2.C10H14O3S.C7H8Cl2N2.C7H7ClO2S.C6H6ClNO2.C4H2Cl2N2.C4H7N.C4H8O2.C3H8O.C3H6O.CN.CH4.Na/c1-7(2)10-6-13(19-20-15(10)22)23-14-11(16)4-9(5-12(14)17)18-8(3)21;1-6(2)8-5-11(18-19-13(8)16)20-12-9(14)3-7(17)4-10(12)15;1-6(2)8-5-11(17-18-13(8)19)20-12-9(14)3-7(16)4-10(12)15;1-8(2)13-14(11,12)10-6-4-9(3)5-7-10;1-4(2)5-3-6(8)10-11-7(5)9;1-6-2-4-7(5-3-6)11(8,9)10;7-4-1-3(8)2-5(9)6(4)10;5-3-1-2-4(6)8-7-3;1-4(2)3-5;1-3(2)4(5)6;2*1-3(2)4;1-2;;/h4-7,15,20,22H,1-3H3,(H,18,21);3-6H,17H2,1-2H3;3-6H,16H2,1-2H3,(H,18,19);4-8H,1-3H3;3-4H,1-2H3;2-5H,1H3;1-2,9-10H,8H2;1-2H;4H,1-2H3;3H,1-2H3,(H,5,6);3-4H,1-2H3;1-2H3;;1H4;/q;;;;;;;;;;;;-1;;+1/i3*1D3,2D3;;1D3,2D3;;;;;;;;;;. The predicted octanol–water partition coefficient (Wildman–Crippen LogP) is 22.3. The van der Waals surface area contributed by atoms with Crippen LogP contribution in [0.3, 0.4) is 0 Å². The van der Waals surface area contributed by atoms with E-state index in [1.165, 1.54) is 81.4 Å². The van der Waals surface area contributed by atoms with Crippen molar-refractivity contribution >= 4 is 215 Å². The Kier molecular flexibility index (Phi) is 48.6. The number of rotatable bonds is 15. The first kappa shape index (κ1) is 97.3. The summed E-state index contributed by atoms with van der Waals surface area (Å²) in [4.78, 5) is 42.6. The van der Waals surface area contributed by atoms with Gasteiger partial charge in [-0.05, 0) is 195 Å². The third-order valence-corrected chi connectivity index (χ3v) is 19.8. The number of halogens is 13. The number of aromatic nitrogens is 8. The molecule has 0 radical (unpaired) electrons. The summed E-state index contributed by atoms with van der Waals surface area (Å²) in [5, 5.41) is 91.1. The molecule has 6 aromatic carbocycles. The van der Waals surface area contributed by atoms with Gasteiger partial charge in [-0.3, -0.25) is 24.0 Å². The molecular formula is C91H112Cl13N16NaO17S2. The number of hydrogen-bond acceptors (Lipinski definition) is 30. The summed E-state index contributed by atoms with van der Waals surface area (Å²) in [6, 6.07) is 32.1. The van der Waals surface area contributed by atoms with Crippen molar-refractivity contribution in [3.05, 3.63) is 245 Å². The number of aliphatic hydroxyl groups is 2. The molecule has 4 aromatic heterocycles. The molecule has 0 saturated heterocycles. The summed E-state index contributed by atoms with van der Waals surface area (Å²) < 4.78 is 245. The van der Waals surface area contributed by atoms with Crippen LogP contribution in [0.25, 0.3) is 0 Å². The normalized spacial score (nSPS) is 14.5. The van der Waals surface area contributed by atoms with Crippen LogP contribution in [0.15, 0.2) is 159 Å². The maximum atomic E-state index is 12.0.